The first kappa shape index (κ1) is 13.2. The van der Waals surface area contributed by atoms with Crippen LogP contribution in [0.25, 0.3) is 10.4 Å². The van der Waals surface area contributed by atoms with E-state index in [0.29, 0.717) is 6.42 Å². The minimum atomic E-state index is -3.44. The third-order valence-electron chi connectivity index (χ3n) is 1.30. The fourth-order valence-corrected chi connectivity index (χ4v) is 1.74. The molecule has 82 valence electrons. The molecule has 0 saturated carbocycles. The van der Waals surface area contributed by atoms with Crippen molar-refractivity contribution >= 4 is 10.1 Å². The molecule has 0 aliphatic heterocycles. The predicted octanol–water partition coefficient (Wildman–Crippen LogP) is 1.69. The zero-order valence-electron chi connectivity index (χ0n) is 8.38. The van der Waals surface area contributed by atoms with E-state index < -0.39 is 10.1 Å². The van der Waals surface area contributed by atoms with E-state index in [1.807, 2.05) is 13.8 Å². The molecule has 6 nitrogen and oxygen atoms in total. The molecule has 0 aromatic heterocycles. The van der Waals surface area contributed by atoms with Crippen molar-refractivity contribution in [3.63, 3.8) is 0 Å². The lowest BCUT2D eigenvalue weighted by molar-refractivity contribution is 0.275. The molecule has 0 rings (SSSR count). The van der Waals surface area contributed by atoms with Crippen molar-refractivity contribution in [2.75, 3.05) is 18.9 Å². The molecule has 0 radical (unpaired) electrons. The average Bonchev–Trinajstić information content (AvgIpc) is 2.10. The smallest absolute Gasteiger partial charge is 0.267 e. The van der Waals surface area contributed by atoms with Gasteiger partial charge in [-0.15, -0.1) is 0 Å². The molecule has 0 saturated heterocycles. The molecule has 0 fully saturated rings. The summed E-state index contributed by atoms with van der Waals surface area (Å²) in [6.45, 7) is 4.12. The van der Waals surface area contributed by atoms with Crippen LogP contribution in [0.3, 0.4) is 0 Å². The highest BCUT2D eigenvalue weighted by atomic mass is 32.2. The largest absolute Gasteiger partial charge is 0.270 e. The molecule has 0 atom stereocenters. The Morgan fingerprint density at radius 1 is 1.50 bits per heavy atom. The van der Waals surface area contributed by atoms with E-state index in [2.05, 4.69) is 10.0 Å². The van der Waals surface area contributed by atoms with E-state index >= 15 is 0 Å². The first-order chi connectivity index (χ1) is 6.48. The lowest BCUT2D eigenvalue weighted by Crippen LogP contribution is -2.14. The second kappa shape index (κ2) is 6.64. The van der Waals surface area contributed by atoms with Crippen LogP contribution in [0.15, 0.2) is 5.11 Å². The van der Waals surface area contributed by atoms with Crippen molar-refractivity contribution in [1.82, 2.24) is 0 Å². The summed E-state index contributed by atoms with van der Waals surface area (Å²) >= 11 is 0. The van der Waals surface area contributed by atoms with Gasteiger partial charge in [-0.05, 0) is 17.9 Å². The van der Waals surface area contributed by atoms with Crippen LogP contribution in [-0.2, 0) is 14.3 Å². The van der Waals surface area contributed by atoms with Crippen molar-refractivity contribution in [3.8, 4) is 0 Å². The molecule has 0 aliphatic rings. The van der Waals surface area contributed by atoms with Crippen LogP contribution in [0.1, 0.15) is 20.3 Å². The summed E-state index contributed by atoms with van der Waals surface area (Å²) in [7, 11) is -3.44. The molecule has 0 unspecified atom stereocenters. The molecule has 0 aromatic carbocycles. The Morgan fingerprint density at radius 2 is 2.14 bits per heavy atom. The molecule has 0 N–H and O–H groups in total. The summed E-state index contributed by atoms with van der Waals surface area (Å²) in [5.41, 5.74) is 7.95. The standard InChI is InChI=1S/C7H15N3O3S/c1-7(2)6-13-14(11,12)5-3-4-9-10-8/h7H,3-6H2,1-2H3. The zero-order valence-corrected chi connectivity index (χ0v) is 9.20. The van der Waals surface area contributed by atoms with Crippen molar-refractivity contribution in [2.45, 2.75) is 20.3 Å². The van der Waals surface area contributed by atoms with Crippen LogP contribution in [-0.4, -0.2) is 27.3 Å². The Morgan fingerprint density at radius 3 is 2.64 bits per heavy atom. The van der Waals surface area contributed by atoms with Gasteiger partial charge in [0.25, 0.3) is 10.1 Å². The summed E-state index contributed by atoms with van der Waals surface area (Å²) in [6.07, 6.45) is 0.296. The summed E-state index contributed by atoms with van der Waals surface area (Å²) < 4.78 is 27.0. The lowest BCUT2D eigenvalue weighted by atomic mass is 10.2. The van der Waals surface area contributed by atoms with Crippen LogP contribution in [0.4, 0.5) is 0 Å². The van der Waals surface area contributed by atoms with Crippen LogP contribution >= 0.6 is 0 Å². The molecule has 0 bridgehead atoms. The lowest BCUT2D eigenvalue weighted by Gasteiger charge is -2.06. The van der Waals surface area contributed by atoms with E-state index in [9.17, 15) is 8.42 Å². The normalized spacial score (nSPS) is 11.4. The maximum Gasteiger partial charge on any atom is 0.267 e. The van der Waals surface area contributed by atoms with E-state index in [0.717, 1.165) is 0 Å². The van der Waals surface area contributed by atoms with Crippen LogP contribution in [0, 0.1) is 5.92 Å². The molecule has 0 amide bonds. The molecule has 0 aliphatic carbocycles. The average molecular weight is 221 g/mol. The van der Waals surface area contributed by atoms with Gasteiger partial charge in [0, 0.05) is 11.5 Å². The highest BCUT2D eigenvalue weighted by molar-refractivity contribution is 7.86. The fourth-order valence-electron chi connectivity index (χ4n) is 0.655. The number of hydrogen-bond donors (Lipinski definition) is 0. The van der Waals surface area contributed by atoms with Gasteiger partial charge in [-0.25, -0.2) is 0 Å². The highest BCUT2D eigenvalue weighted by Crippen LogP contribution is 2.01. The summed E-state index contributed by atoms with van der Waals surface area (Å²) in [5, 5.41) is 3.23. The molecule has 7 heteroatoms. The Kier molecular flexibility index (Phi) is 6.27. The topological polar surface area (TPSA) is 92.1 Å². The molecule has 0 aromatic rings. The molecule has 14 heavy (non-hydrogen) atoms. The first-order valence-electron chi connectivity index (χ1n) is 4.36. The maximum absolute atomic E-state index is 11.1. The van der Waals surface area contributed by atoms with E-state index in [4.69, 9.17) is 9.71 Å². The monoisotopic (exact) mass is 221 g/mol. The van der Waals surface area contributed by atoms with Gasteiger partial charge in [0.15, 0.2) is 0 Å². The van der Waals surface area contributed by atoms with Crippen LogP contribution < -0.4 is 0 Å². The summed E-state index contributed by atoms with van der Waals surface area (Å²) in [5.74, 6) is 0.0838. The molecular formula is C7H15N3O3S. The summed E-state index contributed by atoms with van der Waals surface area (Å²) in [6, 6.07) is 0. The highest BCUT2D eigenvalue weighted by Gasteiger charge is 2.10. The van der Waals surface area contributed by atoms with Crippen LogP contribution in [0.5, 0.6) is 0 Å². The van der Waals surface area contributed by atoms with Crippen molar-refractivity contribution < 1.29 is 12.6 Å². The number of hydrogen-bond acceptors (Lipinski definition) is 4. The van der Waals surface area contributed by atoms with Gasteiger partial charge in [0.05, 0.1) is 12.4 Å². The van der Waals surface area contributed by atoms with Gasteiger partial charge in [0.1, 0.15) is 0 Å². The van der Waals surface area contributed by atoms with E-state index in [-0.39, 0.29) is 24.8 Å². The molecular weight excluding hydrogens is 206 g/mol. The third kappa shape index (κ3) is 7.85. The maximum atomic E-state index is 11.1. The molecule has 0 spiro atoms. The van der Waals surface area contributed by atoms with Gasteiger partial charge in [-0.1, -0.05) is 19.0 Å². The minimum Gasteiger partial charge on any atom is -0.270 e. The first-order valence-corrected chi connectivity index (χ1v) is 5.93. The van der Waals surface area contributed by atoms with Crippen LogP contribution in [0.2, 0.25) is 0 Å². The van der Waals surface area contributed by atoms with Crippen molar-refractivity contribution in [1.29, 1.82) is 0 Å². The fraction of sp³-hybridized carbons (Fsp3) is 1.00. The second-order valence-corrected chi connectivity index (χ2v) is 5.01. The summed E-state index contributed by atoms with van der Waals surface area (Å²) in [4.78, 5) is 2.52. The SMILES string of the molecule is CC(C)COS(=O)(=O)CCCN=[N+]=[N-]. The van der Waals surface area contributed by atoms with Gasteiger partial charge in [-0.2, -0.15) is 8.42 Å². The second-order valence-electron chi connectivity index (χ2n) is 3.25. The van der Waals surface area contributed by atoms with Gasteiger partial charge >= 0.3 is 0 Å². The Balaban J connectivity index is 3.78. The van der Waals surface area contributed by atoms with Crippen molar-refractivity contribution in [3.05, 3.63) is 10.4 Å². The Labute approximate surface area is 84.0 Å². The molecule has 0 heterocycles. The number of azide groups is 1. The Hall–Kier alpha value is -0.780. The zero-order chi connectivity index (χ0) is 11.0. The third-order valence-corrected chi connectivity index (χ3v) is 2.58. The van der Waals surface area contributed by atoms with Gasteiger partial charge in [0.2, 0.25) is 0 Å². The Bertz CT molecular complexity index is 293. The van der Waals surface area contributed by atoms with Gasteiger partial charge in [-0.3, -0.25) is 4.18 Å². The van der Waals surface area contributed by atoms with E-state index in [1.165, 1.54) is 0 Å². The van der Waals surface area contributed by atoms with Gasteiger partial charge < -0.3 is 0 Å². The predicted molar refractivity (Wildman–Crippen MR) is 53.2 cm³/mol. The quantitative estimate of drug-likeness (QED) is 0.215. The van der Waals surface area contributed by atoms with Crippen molar-refractivity contribution in [2.24, 2.45) is 11.0 Å². The van der Waals surface area contributed by atoms with E-state index in [1.54, 1.807) is 0 Å². The number of nitrogens with zero attached hydrogens (tertiary/aromatic N) is 3. The number of rotatable bonds is 7. The minimum absolute atomic E-state index is 0.0985.